The van der Waals surface area contributed by atoms with Crippen LogP contribution in [0.3, 0.4) is 0 Å². The van der Waals surface area contributed by atoms with Crippen molar-refractivity contribution in [1.82, 2.24) is 0 Å². The van der Waals surface area contributed by atoms with Gasteiger partial charge in [-0.2, -0.15) is 11.8 Å². The lowest BCUT2D eigenvalue weighted by atomic mass is 10.0. The van der Waals surface area contributed by atoms with Crippen LogP contribution in [0.4, 0.5) is 0 Å². The first-order valence-electron chi connectivity index (χ1n) is 6.69. The molecule has 1 aliphatic rings. The lowest BCUT2D eigenvalue weighted by Gasteiger charge is -2.21. The lowest BCUT2D eigenvalue weighted by molar-refractivity contribution is 0.0977. The van der Waals surface area contributed by atoms with Gasteiger partial charge in [0.25, 0.3) is 0 Å². The van der Waals surface area contributed by atoms with E-state index in [1.807, 2.05) is 24.3 Å². The summed E-state index contributed by atoms with van der Waals surface area (Å²) in [5, 5.41) is 0.0981. The Balaban J connectivity index is 2.07. The molecule has 1 unspecified atom stereocenters. The molecule has 0 N–H and O–H groups in total. The van der Waals surface area contributed by atoms with Crippen molar-refractivity contribution in [2.75, 3.05) is 26.1 Å². The van der Waals surface area contributed by atoms with Crippen LogP contribution < -0.4 is 4.74 Å². The number of benzene rings is 1. The smallest absolute Gasteiger partial charge is 0.179 e. The molecule has 1 fully saturated rings. The predicted octanol–water partition coefficient (Wildman–Crippen LogP) is 3.18. The summed E-state index contributed by atoms with van der Waals surface area (Å²) in [6, 6.07) is 7.51. The van der Waals surface area contributed by atoms with Gasteiger partial charge in [-0.05, 0) is 30.7 Å². The van der Waals surface area contributed by atoms with Gasteiger partial charge in [0.2, 0.25) is 0 Å². The standard InChI is InChI=1S/C15H20O3S/c1-17-9-10-18-13-7-3-2-6-12(13)15(16)14-8-4-5-11-19-14/h2-3,6-7,14H,4-5,8-11H2,1H3. The van der Waals surface area contributed by atoms with Gasteiger partial charge in [-0.15, -0.1) is 0 Å². The van der Waals surface area contributed by atoms with Crippen molar-refractivity contribution >= 4 is 17.5 Å². The summed E-state index contributed by atoms with van der Waals surface area (Å²) in [5.41, 5.74) is 0.706. The number of ether oxygens (including phenoxy) is 2. The van der Waals surface area contributed by atoms with Crippen molar-refractivity contribution in [3.8, 4) is 5.75 Å². The molecule has 1 saturated heterocycles. The molecule has 0 bridgehead atoms. The maximum atomic E-state index is 12.5. The van der Waals surface area contributed by atoms with E-state index in [1.54, 1.807) is 18.9 Å². The molecule has 1 aliphatic heterocycles. The average molecular weight is 280 g/mol. The highest BCUT2D eigenvalue weighted by atomic mass is 32.2. The molecule has 0 amide bonds. The molecule has 2 rings (SSSR count). The van der Waals surface area contributed by atoms with E-state index in [4.69, 9.17) is 9.47 Å². The molecule has 1 aromatic rings. The van der Waals surface area contributed by atoms with Gasteiger partial charge in [0, 0.05) is 7.11 Å². The summed E-state index contributed by atoms with van der Waals surface area (Å²) >= 11 is 1.77. The number of methoxy groups -OCH3 is 1. The molecule has 1 aromatic carbocycles. The van der Waals surface area contributed by atoms with Crippen LogP contribution in [-0.4, -0.2) is 37.1 Å². The fourth-order valence-electron chi connectivity index (χ4n) is 2.15. The zero-order valence-electron chi connectivity index (χ0n) is 11.3. The van der Waals surface area contributed by atoms with Gasteiger partial charge in [0.15, 0.2) is 5.78 Å². The van der Waals surface area contributed by atoms with Crippen LogP contribution in [0.2, 0.25) is 0 Å². The maximum Gasteiger partial charge on any atom is 0.179 e. The van der Waals surface area contributed by atoms with E-state index in [9.17, 15) is 4.79 Å². The summed E-state index contributed by atoms with van der Waals surface area (Å²) in [6.07, 6.45) is 3.35. The van der Waals surface area contributed by atoms with Gasteiger partial charge in [0.05, 0.1) is 17.4 Å². The van der Waals surface area contributed by atoms with E-state index in [2.05, 4.69) is 0 Å². The van der Waals surface area contributed by atoms with Crippen LogP contribution in [0.15, 0.2) is 24.3 Å². The van der Waals surface area contributed by atoms with Crippen molar-refractivity contribution in [2.45, 2.75) is 24.5 Å². The van der Waals surface area contributed by atoms with Gasteiger partial charge in [0.1, 0.15) is 12.4 Å². The van der Waals surface area contributed by atoms with Gasteiger partial charge in [-0.25, -0.2) is 0 Å². The third kappa shape index (κ3) is 3.98. The number of hydrogen-bond acceptors (Lipinski definition) is 4. The maximum absolute atomic E-state index is 12.5. The SMILES string of the molecule is COCCOc1ccccc1C(=O)C1CCCCS1. The fraction of sp³-hybridized carbons (Fsp3) is 0.533. The molecule has 1 heterocycles. The van der Waals surface area contributed by atoms with Crippen LogP contribution >= 0.6 is 11.8 Å². The van der Waals surface area contributed by atoms with Crippen LogP contribution in [0.5, 0.6) is 5.75 Å². The van der Waals surface area contributed by atoms with Gasteiger partial charge >= 0.3 is 0 Å². The van der Waals surface area contributed by atoms with Crippen molar-refractivity contribution < 1.29 is 14.3 Å². The number of Topliss-reactive ketones (excluding diaryl/α,β-unsaturated/α-hetero) is 1. The summed E-state index contributed by atoms with van der Waals surface area (Å²) < 4.78 is 10.6. The third-order valence-electron chi connectivity index (χ3n) is 3.17. The number of hydrogen-bond donors (Lipinski definition) is 0. The minimum Gasteiger partial charge on any atom is -0.490 e. The first kappa shape index (κ1) is 14.4. The summed E-state index contributed by atoms with van der Waals surface area (Å²) in [4.78, 5) is 12.5. The molecular weight excluding hydrogens is 260 g/mol. The molecular formula is C15H20O3S. The van der Waals surface area contributed by atoms with Crippen molar-refractivity contribution in [3.63, 3.8) is 0 Å². The van der Waals surface area contributed by atoms with E-state index < -0.39 is 0 Å². The Bertz CT molecular complexity index is 414. The van der Waals surface area contributed by atoms with Crippen LogP contribution in [-0.2, 0) is 4.74 Å². The molecule has 0 radical (unpaired) electrons. The average Bonchev–Trinajstić information content (AvgIpc) is 2.48. The molecule has 104 valence electrons. The summed E-state index contributed by atoms with van der Waals surface area (Å²) in [6.45, 7) is 0.999. The van der Waals surface area contributed by atoms with E-state index >= 15 is 0 Å². The minimum absolute atomic E-state index is 0.0981. The van der Waals surface area contributed by atoms with Crippen LogP contribution in [0.25, 0.3) is 0 Å². The Morgan fingerprint density at radius 3 is 2.89 bits per heavy atom. The van der Waals surface area contributed by atoms with Crippen molar-refractivity contribution in [1.29, 1.82) is 0 Å². The Labute approximate surface area is 118 Å². The Morgan fingerprint density at radius 1 is 1.32 bits per heavy atom. The number of thioether (sulfide) groups is 1. The number of rotatable bonds is 6. The number of para-hydroxylation sites is 1. The second kappa shape index (κ2) is 7.56. The van der Waals surface area contributed by atoms with E-state index in [1.165, 1.54) is 6.42 Å². The first-order chi connectivity index (χ1) is 9.33. The number of ketones is 1. The van der Waals surface area contributed by atoms with Gasteiger partial charge in [-0.3, -0.25) is 4.79 Å². The topological polar surface area (TPSA) is 35.5 Å². The molecule has 3 nitrogen and oxygen atoms in total. The highest BCUT2D eigenvalue weighted by Gasteiger charge is 2.25. The molecule has 0 aliphatic carbocycles. The van der Waals surface area contributed by atoms with Crippen LogP contribution in [0, 0.1) is 0 Å². The number of carbonyl (C=O) groups excluding carboxylic acids is 1. The first-order valence-corrected chi connectivity index (χ1v) is 7.74. The molecule has 0 spiro atoms. The molecule has 19 heavy (non-hydrogen) atoms. The predicted molar refractivity (Wildman–Crippen MR) is 78.2 cm³/mol. The minimum atomic E-state index is 0.0981. The van der Waals surface area contributed by atoms with Crippen LogP contribution in [0.1, 0.15) is 29.6 Å². The fourth-order valence-corrected chi connectivity index (χ4v) is 3.42. The number of carbonyl (C=O) groups is 1. The monoisotopic (exact) mass is 280 g/mol. The summed E-state index contributed by atoms with van der Waals surface area (Å²) in [5.74, 6) is 1.97. The quantitative estimate of drug-likeness (QED) is 0.592. The highest BCUT2D eigenvalue weighted by molar-refractivity contribution is 8.00. The van der Waals surface area contributed by atoms with Gasteiger partial charge in [-0.1, -0.05) is 18.6 Å². The molecule has 4 heteroatoms. The second-order valence-corrected chi connectivity index (χ2v) is 5.87. The van der Waals surface area contributed by atoms with Crippen molar-refractivity contribution in [3.05, 3.63) is 29.8 Å². The molecule has 1 atom stereocenters. The Kier molecular flexibility index (Phi) is 5.73. The Hall–Kier alpha value is -1.000. The molecule has 0 saturated carbocycles. The lowest BCUT2D eigenvalue weighted by Crippen LogP contribution is -2.22. The van der Waals surface area contributed by atoms with E-state index in [0.29, 0.717) is 24.5 Å². The molecule has 0 aromatic heterocycles. The zero-order chi connectivity index (χ0) is 13.5. The highest BCUT2D eigenvalue weighted by Crippen LogP contribution is 2.30. The Morgan fingerprint density at radius 2 is 2.16 bits per heavy atom. The van der Waals surface area contributed by atoms with E-state index in [0.717, 1.165) is 18.6 Å². The van der Waals surface area contributed by atoms with Gasteiger partial charge < -0.3 is 9.47 Å². The normalized spacial score (nSPS) is 19.1. The van der Waals surface area contributed by atoms with E-state index in [-0.39, 0.29) is 11.0 Å². The zero-order valence-corrected chi connectivity index (χ0v) is 12.1. The largest absolute Gasteiger partial charge is 0.490 e. The summed E-state index contributed by atoms with van der Waals surface area (Å²) in [7, 11) is 1.64. The second-order valence-electron chi connectivity index (χ2n) is 4.56. The van der Waals surface area contributed by atoms with Crippen molar-refractivity contribution in [2.24, 2.45) is 0 Å². The third-order valence-corrected chi connectivity index (χ3v) is 4.55.